The van der Waals surface area contributed by atoms with Gasteiger partial charge >= 0.3 is 0 Å². The van der Waals surface area contributed by atoms with Crippen LogP contribution in [0.1, 0.15) is 132 Å². The average Bonchev–Trinajstić information content (AvgIpc) is 3.57. The second kappa shape index (κ2) is 18.4. The Balaban J connectivity index is 0.00000684. The van der Waals surface area contributed by atoms with Gasteiger partial charge in [-0.1, -0.05) is 164 Å². The largest absolute Gasteiger partial charge is 0.515 e. The van der Waals surface area contributed by atoms with E-state index in [9.17, 15) is 0 Å². The summed E-state index contributed by atoms with van der Waals surface area (Å²) in [4.78, 5) is 6.95. The van der Waals surface area contributed by atoms with Crippen LogP contribution in [0.5, 0.6) is 11.5 Å². The Kier molecular flexibility index (Phi) is 13.6. The van der Waals surface area contributed by atoms with Gasteiger partial charge in [-0.3, -0.25) is 7.05 Å². The molecule has 2 heterocycles. The molecular formula is C62H69N4OPt-3. The number of hydrogen-bond donors (Lipinski definition) is 1. The first-order valence-electron chi connectivity index (χ1n) is 23.7. The molecule has 0 aliphatic rings. The van der Waals surface area contributed by atoms with Crippen LogP contribution < -0.4 is 15.0 Å². The molecule has 0 spiro atoms. The van der Waals surface area contributed by atoms with Gasteiger partial charge in [-0.15, -0.1) is 47.0 Å². The monoisotopic (exact) mass is 1080 g/mol. The molecule has 1 N–H and O–H groups in total. The molecule has 6 heteroatoms. The zero-order valence-electron chi connectivity index (χ0n) is 42.9. The van der Waals surface area contributed by atoms with Crippen LogP contribution in [-0.4, -0.2) is 9.55 Å². The maximum Gasteiger partial charge on any atom is 0.135 e. The molecule has 0 aliphatic heterocycles. The van der Waals surface area contributed by atoms with E-state index in [0.29, 0.717) is 11.5 Å². The molecule has 0 saturated carbocycles. The van der Waals surface area contributed by atoms with Crippen molar-refractivity contribution in [2.45, 2.75) is 131 Å². The Hall–Kier alpha value is -5.64. The van der Waals surface area contributed by atoms with Gasteiger partial charge in [-0.25, -0.2) is 4.98 Å². The molecule has 5 nitrogen and oxygen atoms in total. The van der Waals surface area contributed by atoms with E-state index in [2.05, 4.69) is 241 Å². The topological polar surface area (TPSA) is 42.3 Å². The minimum Gasteiger partial charge on any atom is -0.515 e. The molecule has 0 radical (unpaired) electrons. The minimum absolute atomic E-state index is 0. The quantitative estimate of drug-likeness (QED) is 0.154. The van der Waals surface area contributed by atoms with E-state index in [1.54, 1.807) is 0 Å². The fraction of sp³-hybridized carbons (Fsp3) is 0.323. The summed E-state index contributed by atoms with van der Waals surface area (Å²) in [5.74, 6) is 2.01. The molecule has 356 valence electrons. The van der Waals surface area contributed by atoms with Crippen LogP contribution >= 0.6 is 0 Å². The molecule has 8 rings (SSSR count). The number of rotatable bonds is 8. The first-order valence-corrected chi connectivity index (χ1v) is 23.7. The minimum atomic E-state index is -0.200. The van der Waals surface area contributed by atoms with E-state index in [-0.39, 0.29) is 48.1 Å². The SMILES string of the molecule is [CH2-]N(c1[c-]c(Oc2[c-]c3c(cc2)c2cc(-c4ccccc4)ccc2n3-c2cc(C(C)(C)C)ccn2)cc(C(C)(C)C)c1)c1cc(C(C)(C)C)ccc1Nc1cc(C(C)(C)C)cc(C(C)(C)C)c1.[Pt]. The van der Waals surface area contributed by atoms with Crippen molar-refractivity contribution in [3.8, 4) is 28.4 Å². The number of nitrogens with one attached hydrogen (secondary N) is 1. The third-order valence-electron chi connectivity index (χ3n) is 12.9. The summed E-state index contributed by atoms with van der Waals surface area (Å²) >= 11 is 0. The van der Waals surface area contributed by atoms with Crippen molar-refractivity contribution in [1.82, 2.24) is 9.55 Å². The first-order chi connectivity index (χ1) is 31.2. The van der Waals surface area contributed by atoms with Gasteiger partial charge in [0, 0.05) is 55.7 Å². The number of ether oxygens (including phenoxy) is 1. The van der Waals surface area contributed by atoms with Crippen molar-refractivity contribution in [3.05, 3.63) is 175 Å². The summed E-state index contributed by atoms with van der Waals surface area (Å²) in [6, 6.07) is 51.0. The van der Waals surface area contributed by atoms with Crippen LogP contribution in [0.25, 0.3) is 38.8 Å². The van der Waals surface area contributed by atoms with Crippen LogP contribution in [0.15, 0.2) is 128 Å². The summed E-state index contributed by atoms with van der Waals surface area (Å²) in [6.45, 7) is 33.8. The van der Waals surface area contributed by atoms with E-state index in [1.165, 1.54) is 27.8 Å². The number of benzene rings is 6. The molecule has 0 saturated heterocycles. The third kappa shape index (κ3) is 10.6. The number of anilines is 4. The van der Waals surface area contributed by atoms with Gasteiger partial charge in [-0.05, 0) is 108 Å². The second-order valence-corrected chi connectivity index (χ2v) is 23.5. The molecule has 2 aromatic heterocycles. The number of aromatic nitrogens is 2. The third-order valence-corrected chi connectivity index (χ3v) is 12.9. The van der Waals surface area contributed by atoms with Crippen molar-refractivity contribution in [3.63, 3.8) is 0 Å². The molecular weight excluding hydrogens is 1010 g/mol. The zero-order valence-corrected chi connectivity index (χ0v) is 45.2. The Bertz CT molecular complexity index is 3080. The van der Waals surface area contributed by atoms with Crippen LogP contribution in [0, 0.1) is 19.2 Å². The Morgan fingerprint density at radius 2 is 1.13 bits per heavy atom. The van der Waals surface area contributed by atoms with Crippen LogP contribution in [0.4, 0.5) is 22.7 Å². The molecule has 0 amide bonds. The van der Waals surface area contributed by atoms with E-state index >= 15 is 0 Å². The van der Waals surface area contributed by atoms with Gasteiger partial charge in [0.2, 0.25) is 0 Å². The Morgan fingerprint density at radius 1 is 0.529 bits per heavy atom. The first kappa shape index (κ1) is 50.2. The standard InChI is InChI=1S/C62H69N4O.Pt/c1-58(2,3)42-23-26-53(64-47-32-44(60(7,8)9)31-45(33-47)61(10,11)12)56(36-42)65(16)48-34-46(62(13,14)15)35-50(38-48)67-49-24-25-51-52-30-41(40-20-18-17-19-21-40)22-27-54(52)66(55(51)39-49)57-37-43(28-29-63-57)59(4,5)6;/h17-37,64H,16H2,1-15H3;/q-3;. The predicted molar refractivity (Wildman–Crippen MR) is 285 cm³/mol. The zero-order chi connectivity index (χ0) is 48.4. The molecule has 8 aromatic rings. The molecule has 0 fully saturated rings. The molecule has 0 bridgehead atoms. The molecule has 0 aliphatic carbocycles. The number of nitrogens with zero attached hydrogens (tertiary/aromatic N) is 3. The van der Waals surface area contributed by atoms with E-state index in [4.69, 9.17) is 16.8 Å². The fourth-order valence-corrected chi connectivity index (χ4v) is 8.50. The normalized spacial score (nSPS) is 12.6. The van der Waals surface area contributed by atoms with Crippen LogP contribution in [0.2, 0.25) is 0 Å². The van der Waals surface area contributed by atoms with E-state index in [0.717, 1.165) is 61.5 Å². The second-order valence-electron chi connectivity index (χ2n) is 23.5. The van der Waals surface area contributed by atoms with Gasteiger partial charge in [0.1, 0.15) is 5.82 Å². The maximum atomic E-state index is 6.89. The summed E-state index contributed by atoms with van der Waals surface area (Å²) in [5.41, 5.74) is 13.7. The van der Waals surface area contributed by atoms with Crippen LogP contribution in [0.3, 0.4) is 0 Å². The van der Waals surface area contributed by atoms with Gasteiger partial charge in [-0.2, -0.15) is 6.07 Å². The van der Waals surface area contributed by atoms with Crippen molar-refractivity contribution in [2.24, 2.45) is 0 Å². The Morgan fingerprint density at radius 3 is 1.75 bits per heavy atom. The number of hydrogen-bond acceptors (Lipinski definition) is 4. The predicted octanol–water partition coefficient (Wildman–Crippen LogP) is 17.4. The summed E-state index contributed by atoms with van der Waals surface area (Å²) in [7, 11) is 4.74. The molecule has 0 atom stereocenters. The smallest absolute Gasteiger partial charge is 0.135 e. The number of fused-ring (bicyclic) bond motifs is 3. The molecule has 0 unspecified atom stereocenters. The maximum absolute atomic E-state index is 6.89. The fourth-order valence-electron chi connectivity index (χ4n) is 8.50. The molecule has 6 aromatic carbocycles. The van der Waals surface area contributed by atoms with E-state index in [1.807, 2.05) is 17.2 Å². The van der Waals surface area contributed by atoms with Gasteiger partial charge in [0.05, 0.1) is 5.69 Å². The van der Waals surface area contributed by atoms with Crippen molar-refractivity contribution < 1.29 is 25.8 Å². The summed E-state index contributed by atoms with van der Waals surface area (Å²) in [6.07, 6.45) is 1.91. The van der Waals surface area contributed by atoms with Gasteiger partial charge in [0.25, 0.3) is 0 Å². The summed E-state index contributed by atoms with van der Waals surface area (Å²) < 4.78 is 9.11. The number of pyridine rings is 1. The van der Waals surface area contributed by atoms with Crippen LogP contribution in [-0.2, 0) is 48.1 Å². The van der Waals surface area contributed by atoms with Crippen molar-refractivity contribution in [1.29, 1.82) is 0 Å². The average molecular weight is 1080 g/mol. The van der Waals surface area contributed by atoms with E-state index < -0.39 is 0 Å². The van der Waals surface area contributed by atoms with Crippen molar-refractivity contribution >= 4 is 44.6 Å². The molecule has 68 heavy (non-hydrogen) atoms. The summed E-state index contributed by atoms with van der Waals surface area (Å²) in [5, 5.41) is 6.05. The Labute approximate surface area is 421 Å². The van der Waals surface area contributed by atoms with Crippen molar-refractivity contribution in [2.75, 3.05) is 10.2 Å². The van der Waals surface area contributed by atoms with Gasteiger partial charge in [0.15, 0.2) is 0 Å². The van der Waals surface area contributed by atoms with Gasteiger partial charge < -0.3 is 19.5 Å².